The summed E-state index contributed by atoms with van der Waals surface area (Å²) in [7, 11) is 1.51. The van der Waals surface area contributed by atoms with Gasteiger partial charge in [0.2, 0.25) is 0 Å². The van der Waals surface area contributed by atoms with Gasteiger partial charge in [0, 0.05) is 37.7 Å². The summed E-state index contributed by atoms with van der Waals surface area (Å²) in [4.78, 5) is 39.8. The van der Waals surface area contributed by atoms with E-state index < -0.39 is 0 Å². The third-order valence-corrected chi connectivity index (χ3v) is 6.14. The van der Waals surface area contributed by atoms with Crippen LogP contribution in [0.4, 0.5) is 0 Å². The molecule has 162 valence electrons. The van der Waals surface area contributed by atoms with Gasteiger partial charge in [0.25, 0.3) is 5.56 Å². The van der Waals surface area contributed by atoms with Crippen molar-refractivity contribution in [2.75, 3.05) is 0 Å². The summed E-state index contributed by atoms with van der Waals surface area (Å²) < 4.78 is 4.73. The van der Waals surface area contributed by atoms with Crippen molar-refractivity contribution >= 4 is 28.4 Å². The van der Waals surface area contributed by atoms with Gasteiger partial charge in [-0.15, -0.1) is 0 Å². The third-order valence-electron chi connectivity index (χ3n) is 5.14. The quantitative estimate of drug-likeness (QED) is 0.339. The molecular formula is C22H26N6O2S. The lowest BCUT2D eigenvalue weighted by atomic mass is 10.2. The van der Waals surface area contributed by atoms with Gasteiger partial charge < -0.3 is 4.40 Å². The zero-order chi connectivity index (χ0) is 22.3. The van der Waals surface area contributed by atoms with Crippen molar-refractivity contribution in [2.24, 2.45) is 7.05 Å². The number of hydrogen-bond acceptors (Lipinski definition) is 6. The molecule has 0 atom stereocenters. The van der Waals surface area contributed by atoms with Gasteiger partial charge in [-0.05, 0) is 25.0 Å². The second-order valence-corrected chi connectivity index (χ2v) is 9.00. The standard InChI is InChI=1S/C22H26N6O2S/c1-6-9-28-19-17(21(29)26(5)22(28)30)20(25-18(24-19)13(2)3)31-12-15-11-27-10-14(4)7-8-16(27)23-15/h7-8,10-11,13H,6,9,12H2,1-5H3. The van der Waals surface area contributed by atoms with E-state index >= 15 is 0 Å². The van der Waals surface area contributed by atoms with Crippen molar-refractivity contribution in [3.8, 4) is 0 Å². The monoisotopic (exact) mass is 438 g/mol. The number of thioether (sulfide) groups is 1. The van der Waals surface area contributed by atoms with E-state index in [-0.39, 0.29) is 17.2 Å². The molecule has 4 aromatic rings. The lowest BCUT2D eigenvalue weighted by molar-refractivity contribution is 0.603. The van der Waals surface area contributed by atoms with Gasteiger partial charge in [-0.25, -0.2) is 19.7 Å². The Morgan fingerprint density at radius 1 is 1.10 bits per heavy atom. The van der Waals surface area contributed by atoms with E-state index in [2.05, 4.69) is 9.97 Å². The molecule has 8 nitrogen and oxygen atoms in total. The summed E-state index contributed by atoms with van der Waals surface area (Å²) in [5, 5.41) is 0.983. The Hall–Kier alpha value is -2.94. The van der Waals surface area contributed by atoms with E-state index in [0.717, 1.165) is 27.9 Å². The molecule has 0 saturated carbocycles. The van der Waals surface area contributed by atoms with Crippen molar-refractivity contribution < 1.29 is 0 Å². The minimum atomic E-state index is -0.365. The number of aromatic nitrogens is 6. The fourth-order valence-corrected chi connectivity index (χ4v) is 4.41. The molecular weight excluding hydrogens is 412 g/mol. The van der Waals surface area contributed by atoms with Crippen LogP contribution in [0.2, 0.25) is 0 Å². The minimum Gasteiger partial charge on any atom is -0.307 e. The molecule has 0 radical (unpaired) electrons. The molecule has 0 aliphatic carbocycles. The van der Waals surface area contributed by atoms with Gasteiger partial charge in [0.15, 0.2) is 5.65 Å². The predicted octanol–water partition coefficient (Wildman–Crippen LogP) is 3.27. The summed E-state index contributed by atoms with van der Waals surface area (Å²) in [6.07, 6.45) is 4.79. The maximum atomic E-state index is 13.0. The van der Waals surface area contributed by atoms with Crippen LogP contribution in [-0.4, -0.2) is 28.5 Å². The van der Waals surface area contributed by atoms with Crippen LogP contribution in [0.1, 0.15) is 50.2 Å². The summed E-state index contributed by atoms with van der Waals surface area (Å²) in [5.74, 6) is 1.25. The first kappa shape index (κ1) is 21.3. The van der Waals surface area contributed by atoms with Crippen molar-refractivity contribution in [1.82, 2.24) is 28.5 Å². The number of fused-ring (bicyclic) bond motifs is 2. The molecule has 0 fully saturated rings. The van der Waals surface area contributed by atoms with E-state index in [1.54, 1.807) is 4.57 Å². The highest BCUT2D eigenvalue weighted by Gasteiger charge is 2.20. The van der Waals surface area contributed by atoms with E-state index in [1.807, 2.05) is 56.6 Å². The first-order valence-corrected chi connectivity index (χ1v) is 11.4. The molecule has 0 saturated heterocycles. The zero-order valence-corrected chi connectivity index (χ0v) is 19.2. The van der Waals surface area contributed by atoms with Crippen LogP contribution in [0, 0.1) is 6.92 Å². The van der Waals surface area contributed by atoms with E-state index in [4.69, 9.17) is 4.98 Å². The molecule has 0 bridgehead atoms. The summed E-state index contributed by atoms with van der Waals surface area (Å²) in [6.45, 7) is 8.54. The Balaban J connectivity index is 1.85. The van der Waals surface area contributed by atoms with Crippen LogP contribution in [0.5, 0.6) is 0 Å². The number of hydrogen-bond donors (Lipinski definition) is 0. The van der Waals surface area contributed by atoms with Gasteiger partial charge in [-0.1, -0.05) is 38.6 Å². The molecule has 0 amide bonds. The smallest absolute Gasteiger partial charge is 0.307 e. The van der Waals surface area contributed by atoms with Crippen LogP contribution in [0.15, 0.2) is 39.1 Å². The largest absolute Gasteiger partial charge is 0.332 e. The molecule has 0 spiro atoms. The van der Waals surface area contributed by atoms with Crippen molar-refractivity contribution in [3.05, 3.63) is 62.4 Å². The number of rotatable bonds is 6. The maximum absolute atomic E-state index is 13.0. The Morgan fingerprint density at radius 3 is 2.58 bits per heavy atom. The summed E-state index contributed by atoms with van der Waals surface area (Å²) in [5.41, 5.74) is 2.64. The van der Waals surface area contributed by atoms with Crippen LogP contribution < -0.4 is 11.2 Å². The van der Waals surface area contributed by atoms with Crippen molar-refractivity contribution in [2.45, 2.75) is 57.4 Å². The van der Waals surface area contributed by atoms with Gasteiger partial charge in [0.1, 0.15) is 21.9 Å². The molecule has 0 unspecified atom stereocenters. The first-order valence-electron chi connectivity index (χ1n) is 10.4. The Labute approximate surface area is 184 Å². The average Bonchev–Trinajstić information content (AvgIpc) is 3.15. The lowest BCUT2D eigenvalue weighted by Crippen LogP contribution is -2.39. The molecule has 4 aromatic heterocycles. The maximum Gasteiger partial charge on any atom is 0.332 e. The molecule has 0 aliphatic heterocycles. The normalized spacial score (nSPS) is 11.8. The highest BCUT2D eigenvalue weighted by Crippen LogP contribution is 2.27. The molecule has 0 aromatic carbocycles. The lowest BCUT2D eigenvalue weighted by Gasteiger charge is -2.14. The molecule has 0 aliphatic rings. The van der Waals surface area contributed by atoms with Crippen LogP contribution in [-0.2, 0) is 19.3 Å². The van der Waals surface area contributed by atoms with Gasteiger partial charge in [-0.2, -0.15) is 0 Å². The molecule has 9 heteroatoms. The molecule has 4 rings (SSSR count). The molecule has 31 heavy (non-hydrogen) atoms. The van der Waals surface area contributed by atoms with Crippen LogP contribution in [0.3, 0.4) is 0 Å². The number of aryl methyl sites for hydroxylation is 2. The van der Waals surface area contributed by atoms with Gasteiger partial charge in [-0.3, -0.25) is 13.9 Å². The SMILES string of the molecule is CCCn1c(=O)n(C)c(=O)c2c(SCc3cn4cc(C)ccc4n3)nc(C(C)C)nc21. The Morgan fingerprint density at radius 2 is 1.87 bits per heavy atom. The fraction of sp³-hybridized carbons (Fsp3) is 0.409. The minimum absolute atomic E-state index is 0.0659. The molecule has 0 N–H and O–H groups in total. The van der Waals surface area contributed by atoms with Crippen molar-refractivity contribution in [3.63, 3.8) is 0 Å². The van der Waals surface area contributed by atoms with E-state index in [1.165, 1.54) is 18.8 Å². The van der Waals surface area contributed by atoms with Crippen LogP contribution >= 0.6 is 11.8 Å². The van der Waals surface area contributed by atoms with Gasteiger partial charge >= 0.3 is 5.69 Å². The Kier molecular flexibility index (Phi) is 5.70. The second-order valence-electron chi connectivity index (χ2n) is 8.03. The van der Waals surface area contributed by atoms with E-state index in [0.29, 0.717) is 34.2 Å². The second kappa shape index (κ2) is 8.30. The van der Waals surface area contributed by atoms with E-state index in [9.17, 15) is 9.59 Å². The number of pyridine rings is 1. The van der Waals surface area contributed by atoms with Crippen LogP contribution in [0.25, 0.3) is 16.7 Å². The highest BCUT2D eigenvalue weighted by molar-refractivity contribution is 7.98. The summed E-state index contributed by atoms with van der Waals surface area (Å²) in [6, 6.07) is 4.02. The number of nitrogens with zero attached hydrogens (tertiary/aromatic N) is 6. The summed E-state index contributed by atoms with van der Waals surface area (Å²) >= 11 is 1.45. The topological polar surface area (TPSA) is 87.1 Å². The zero-order valence-electron chi connectivity index (χ0n) is 18.4. The third kappa shape index (κ3) is 3.89. The number of imidazole rings is 1. The first-order chi connectivity index (χ1) is 14.8. The molecule has 4 heterocycles. The average molecular weight is 439 g/mol. The van der Waals surface area contributed by atoms with Gasteiger partial charge in [0.05, 0.1) is 5.69 Å². The highest BCUT2D eigenvalue weighted by atomic mass is 32.2. The Bertz CT molecular complexity index is 1400. The van der Waals surface area contributed by atoms with Crippen molar-refractivity contribution in [1.29, 1.82) is 0 Å². The fourth-order valence-electron chi connectivity index (χ4n) is 3.51. The predicted molar refractivity (Wildman–Crippen MR) is 123 cm³/mol.